The largest absolute Gasteiger partial charge is 0.369 e. The van der Waals surface area contributed by atoms with Crippen LogP contribution in [0.25, 0.3) is 0 Å². The molecule has 0 unspecified atom stereocenters. The van der Waals surface area contributed by atoms with Crippen LogP contribution in [0.15, 0.2) is 18.2 Å². The van der Waals surface area contributed by atoms with Crippen LogP contribution >= 0.6 is 23.2 Å². The number of benzene rings is 1. The van der Waals surface area contributed by atoms with Gasteiger partial charge in [-0.2, -0.15) is 0 Å². The lowest BCUT2D eigenvalue weighted by molar-refractivity contribution is -0.124. The van der Waals surface area contributed by atoms with Crippen LogP contribution in [0.1, 0.15) is 18.4 Å². The topological polar surface area (TPSA) is 55.1 Å². The van der Waals surface area contributed by atoms with Crippen molar-refractivity contribution in [3.63, 3.8) is 0 Å². The van der Waals surface area contributed by atoms with E-state index in [1.54, 1.807) is 18.2 Å². The Bertz CT molecular complexity index is 442. The van der Waals surface area contributed by atoms with Crippen molar-refractivity contribution in [2.24, 2.45) is 5.73 Å². The molecule has 5 heteroatoms. The smallest absolute Gasteiger partial charge is 0.228 e. The lowest BCUT2D eigenvalue weighted by Gasteiger charge is -2.35. The standard InChI is InChI=1S/C12H14Cl2N2O/c13-8-1-2-9(10(14)7-8)12(11(15)17)3-5-16-6-4-12/h1-2,7,16H,3-6H2,(H2,15,17). The molecule has 17 heavy (non-hydrogen) atoms. The van der Waals surface area contributed by atoms with E-state index in [1.807, 2.05) is 0 Å². The number of halogens is 2. The highest BCUT2D eigenvalue weighted by molar-refractivity contribution is 6.35. The normalized spacial score (nSPS) is 18.9. The average molecular weight is 273 g/mol. The van der Waals surface area contributed by atoms with Gasteiger partial charge in [-0.25, -0.2) is 0 Å². The summed E-state index contributed by atoms with van der Waals surface area (Å²) >= 11 is 12.1. The second-order valence-electron chi connectivity index (χ2n) is 4.32. The number of hydrogen-bond donors (Lipinski definition) is 2. The van der Waals surface area contributed by atoms with Crippen molar-refractivity contribution in [1.82, 2.24) is 5.32 Å². The van der Waals surface area contributed by atoms with E-state index in [0.717, 1.165) is 18.7 Å². The van der Waals surface area contributed by atoms with E-state index in [1.165, 1.54) is 0 Å². The number of rotatable bonds is 2. The molecule has 0 atom stereocenters. The maximum Gasteiger partial charge on any atom is 0.228 e. The van der Waals surface area contributed by atoms with Crippen LogP contribution in [-0.4, -0.2) is 19.0 Å². The number of carbonyl (C=O) groups excluding carboxylic acids is 1. The summed E-state index contributed by atoms with van der Waals surface area (Å²) in [4.78, 5) is 11.8. The molecule has 1 aliphatic heterocycles. The summed E-state index contributed by atoms with van der Waals surface area (Å²) in [7, 11) is 0. The van der Waals surface area contributed by atoms with E-state index in [0.29, 0.717) is 22.9 Å². The molecule has 1 aromatic carbocycles. The van der Waals surface area contributed by atoms with E-state index in [-0.39, 0.29) is 5.91 Å². The summed E-state index contributed by atoms with van der Waals surface area (Å²) < 4.78 is 0. The first-order chi connectivity index (χ1) is 8.06. The van der Waals surface area contributed by atoms with Crippen molar-refractivity contribution < 1.29 is 4.79 Å². The van der Waals surface area contributed by atoms with Gasteiger partial charge in [-0.05, 0) is 43.6 Å². The van der Waals surface area contributed by atoms with Crippen molar-refractivity contribution in [2.45, 2.75) is 18.3 Å². The highest BCUT2D eigenvalue weighted by Gasteiger charge is 2.40. The number of nitrogens with two attached hydrogens (primary N) is 1. The number of amides is 1. The minimum Gasteiger partial charge on any atom is -0.369 e. The van der Waals surface area contributed by atoms with Gasteiger partial charge in [0.25, 0.3) is 0 Å². The van der Waals surface area contributed by atoms with Crippen LogP contribution in [0.3, 0.4) is 0 Å². The zero-order chi connectivity index (χ0) is 12.5. The van der Waals surface area contributed by atoms with E-state index < -0.39 is 5.41 Å². The monoisotopic (exact) mass is 272 g/mol. The molecule has 3 nitrogen and oxygen atoms in total. The highest BCUT2D eigenvalue weighted by Crippen LogP contribution is 2.38. The molecule has 1 aromatic rings. The fraction of sp³-hybridized carbons (Fsp3) is 0.417. The molecule has 1 aliphatic rings. The van der Waals surface area contributed by atoms with E-state index in [4.69, 9.17) is 28.9 Å². The second kappa shape index (κ2) is 4.84. The third-order valence-electron chi connectivity index (χ3n) is 3.38. The summed E-state index contributed by atoms with van der Waals surface area (Å²) in [6, 6.07) is 5.21. The summed E-state index contributed by atoms with van der Waals surface area (Å²) in [5.74, 6) is -0.316. The van der Waals surface area contributed by atoms with E-state index >= 15 is 0 Å². The zero-order valence-electron chi connectivity index (χ0n) is 9.30. The molecule has 2 rings (SSSR count). The van der Waals surface area contributed by atoms with Crippen molar-refractivity contribution in [3.8, 4) is 0 Å². The summed E-state index contributed by atoms with van der Waals surface area (Å²) in [6.45, 7) is 1.53. The van der Waals surface area contributed by atoms with Crippen LogP contribution in [0.2, 0.25) is 10.0 Å². The van der Waals surface area contributed by atoms with E-state index in [9.17, 15) is 4.79 Å². The minimum absolute atomic E-state index is 0.316. The summed E-state index contributed by atoms with van der Waals surface area (Å²) in [5.41, 5.74) is 5.71. The van der Waals surface area contributed by atoms with Crippen LogP contribution in [-0.2, 0) is 10.2 Å². The van der Waals surface area contributed by atoms with Gasteiger partial charge < -0.3 is 11.1 Å². The Morgan fingerprint density at radius 1 is 1.29 bits per heavy atom. The fourth-order valence-corrected chi connectivity index (χ4v) is 2.97. The molecular weight excluding hydrogens is 259 g/mol. The number of hydrogen-bond acceptors (Lipinski definition) is 2. The van der Waals surface area contributed by atoms with Crippen molar-refractivity contribution in [2.75, 3.05) is 13.1 Å². The second-order valence-corrected chi connectivity index (χ2v) is 5.16. The molecule has 0 radical (unpaired) electrons. The van der Waals surface area contributed by atoms with Crippen molar-refractivity contribution in [3.05, 3.63) is 33.8 Å². The molecule has 1 fully saturated rings. The first-order valence-corrected chi connectivity index (χ1v) is 6.28. The van der Waals surface area contributed by atoms with Gasteiger partial charge in [0.15, 0.2) is 0 Å². The van der Waals surface area contributed by atoms with Crippen LogP contribution in [0.4, 0.5) is 0 Å². The molecule has 1 saturated heterocycles. The molecule has 0 spiro atoms. The number of nitrogens with one attached hydrogen (secondary N) is 1. The van der Waals surface area contributed by atoms with Gasteiger partial charge in [-0.3, -0.25) is 4.79 Å². The molecule has 92 valence electrons. The third kappa shape index (κ3) is 2.28. The van der Waals surface area contributed by atoms with Gasteiger partial charge in [0.05, 0.1) is 5.41 Å². The maximum atomic E-state index is 11.8. The number of carbonyl (C=O) groups is 1. The maximum absolute atomic E-state index is 11.8. The van der Waals surface area contributed by atoms with Gasteiger partial charge >= 0.3 is 0 Å². The van der Waals surface area contributed by atoms with Crippen LogP contribution in [0.5, 0.6) is 0 Å². The Balaban J connectivity index is 2.49. The Morgan fingerprint density at radius 3 is 2.47 bits per heavy atom. The lowest BCUT2D eigenvalue weighted by Crippen LogP contribution is -2.49. The summed E-state index contributed by atoms with van der Waals surface area (Å²) in [5, 5.41) is 4.29. The minimum atomic E-state index is -0.660. The zero-order valence-corrected chi connectivity index (χ0v) is 10.8. The summed E-state index contributed by atoms with van der Waals surface area (Å²) in [6.07, 6.45) is 1.34. The number of primary amides is 1. The number of piperidine rings is 1. The lowest BCUT2D eigenvalue weighted by atomic mass is 9.72. The molecule has 1 heterocycles. The first-order valence-electron chi connectivity index (χ1n) is 5.52. The quantitative estimate of drug-likeness (QED) is 0.867. The fourth-order valence-electron chi connectivity index (χ4n) is 2.38. The molecule has 0 bridgehead atoms. The van der Waals surface area contributed by atoms with Crippen molar-refractivity contribution >= 4 is 29.1 Å². The Hall–Kier alpha value is -0.770. The van der Waals surface area contributed by atoms with Gasteiger partial charge in [0.1, 0.15) is 0 Å². The van der Waals surface area contributed by atoms with E-state index in [2.05, 4.69) is 5.32 Å². The molecule has 0 aromatic heterocycles. The Labute approximate surface area is 110 Å². The molecule has 3 N–H and O–H groups in total. The Kier molecular flexibility index (Phi) is 3.61. The molecule has 0 saturated carbocycles. The van der Waals surface area contributed by atoms with Crippen LogP contribution < -0.4 is 11.1 Å². The molecule has 0 aliphatic carbocycles. The van der Waals surface area contributed by atoms with Gasteiger partial charge in [0.2, 0.25) is 5.91 Å². The highest BCUT2D eigenvalue weighted by atomic mass is 35.5. The van der Waals surface area contributed by atoms with Gasteiger partial charge in [0, 0.05) is 10.0 Å². The molecular formula is C12H14Cl2N2O. The predicted octanol–water partition coefficient (Wildman–Crippen LogP) is 2.10. The molecule has 1 amide bonds. The predicted molar refractivity (Wildman–Crippen MR) is 69.4 cm³/mol. The van der Waals surface area contributed by atoms with Crippen LogP contribution in [0, 0.1) is 0 Å². The van der Waals surface area contributed by atoms with Crippen molar-refractivity contribution in [1.29, 1.82) is 0 Å². The average Bonchev–Trinajstić information content (AvgIpc) is 2.29. The third-order valence-corrected chi connectivity index (χ3v) is 3.92. The SMILES string of the molecule is NC(=O)C1(c2ccc(Cl)cc2Cl)CCNCC1. The van der Waals surface area contributed by atoms with Gasteiger partial charge in [-0.15, -0.1) is 0 Å². The Morgan fingerprint density at radius 2 is 1.94 bits per heavy atom. The first kappa shape index (κ1) is 12.7. The van der Waals surface area contributed by atoms with Gasteiger partial charge in [-0.1, -0.05) is 29.3 Å².